The van der Waals surface area contributed by atoms with Crippen LogP contribution >= 0.6 is 0 Å². The smallest absolute Gasteiger partial charge is 0.106 e. The van der Waals surface area contributed by atoms with Crippen molar-refractivity contribution >= 4 is 5.69 Å². The van der Waals surface area contributed by atoms with Crippen LogP contribution in [0.3, 0.4) is 0 Å². The molecule has 5 nitrogen and oxygen atoms in total. The van der Waals surface area contributed by atoms with Crippen LogP contribution in [0, 0.1) is 6.92 Å². The molecule has 0 amide bonds. The third-order valence-corrected chi connectivity index (χ3v) is 2.32. The Morgan fingerprint density at radius 2 is 2.13 bits per heavy atom. The molecule has 0 spiro atoms. The molecule has 0 aromatic carbocycles. The molecule has 0 saturated carbocycles. The second-order valence-electron chi connectivity index (χ2n) is 3.53. The minimum Gasteiger partial charge on any atom is -0.397 e. The first-order chi connectivity index (χ1) is 7.06. The fraction of sp³-hybridized carbons (Fsp3) is 0.500. The molecule has 1 heterocycles. The molecule has 2 atom stereocenters. The van der Waals surface area contributed by atoms with Crippen molar-refractivity contribution in [3.63, 3.8) is 0 Å². The van der Waals surface area contributed by atoms with E-state index in [1.165, 1.54) is 6.20 Å². The normalized spacial score (nSPS) is 14.9. The molecule has 0 aliphatic rings. The molecule has 5 heteroatoms. The molecule has 0 radical (unpaired) electrons. The molecule has 2 unspecified atom stereocenters. The topological polar surface area (TPSA) is 105 Å². The Morgan fingerprint density at radius 1 is 1.47 bits per heavy atom. The standard InChI is InChI=1S/C10H17N3O2/c1-6-8(12)4-7(5-13-6)10(15)9(14)2-3-11/h4-5,9-10,14-15H,2-3,11-12H2,1H3. The SMILES string of the molecule is Cc1ncc(C(O)C(O)CCN)cc1N. The first kappa shape index (κ1) is 11.9. The zero-order chi connectivity index (χ0) is 11.4. The molecule has 1 rings (SSSR count). The summed E-state index contributed by atoms with van der Waals surface area (Å²) in [5.41, 5.74) is 12.7. The predicted molar refractivity (Wildman–Crippen MR) is 58.0 cm³/mol. The van der Waals surface area contributed by atoms with Gasteiger partial charge in [-0.1, -0.05) is 0 Å². The first-order valence-electron chi connectivity index (χ1n) is 4.84. The number of nitrogen functional groups attached to an aromatic ring is 1. The van der Waals surface area contributed by atoms with E-state index in [1.807, 2.05) is 0 Å². The predicted octanol–water partition coefficient (Wildman–Crippen LogP) is -0.285. The zero-order valence-corrected chi connectivity index (χ0v) is 8.72. The van der Waals surface area contributed by atoms with Gasteiger partial charge in [0.1, 0.15) is 6.10 Å². The molecule has 0 aliphatic heterocycles. The summed E-state index contributed by atoms with van der Waals surface area (Å²) in [5, 5.41) is 19.3. The second kappa shape index (κ2) is 5.06. The maximum absolute atomic E-state index is 9.73. The number of nitrogens with two attached hydrogens (primary N) is 2. The number of aromatic nitrogens is 1. The van der Waals surface area contributed by atoms with Crippen molar-refractivity contribution in [2.24, 2.45) is 5.73 Å². The van der Waals surface area contributed by atoms with Gasteiger partial charge in [0.15, 0.2) is 0 Å². The molecular formula is C10H17N3O2. The van der Waals surface area contributed by atoms with Gasteiger partial charge in [0.05, 0.1) is 17.5 Å². The Labute approximate surface area is 88.7 Å². The number of aliphatic hydroxyl groups is 2. The van der Waals surface area contributed by atoms with E-state index in [0.717, 1.165) is 0 Å². The van der Waals surface area contributed by atoms with Gasteiger partial charge in [0.2, 0.25) is 0 Å². The van der Waals surface area contributed by atoms with Crippen molar-refractivity contribution < 1.29 is 10.2 Å². The Balaban J connectivity index is 2.81. The van der Waals surface area contributed by atoms with Crippen LogP contribution in [0.5, 0.6) is 0 Å². The van der Waals surface area contributed by atoms with Crippen LogP contribution in [0.1, 0.15) is 23.8 Å². The molecule has 6 N–H and O–H groups in total. The van der Waals surface area contributed by atoms with Gasteiger partial charge >= 0.3 is 0 Å². The number of rotatable bonds is 4. The fourth-order valence-electron chi connectivity index (χ4n) is 1.28. The largest absolute Gasteiger partial charge is 0.397 e. The van der Waals surface area contributed by atoms with Crippen molar-refractivity contribution in [2.75, 3.05) is 12.3 Å². The van der Waals surface area contributed by atoms with Crippen LogP contribution < -0.4 is 11.5 Å². The Hall–Kier alpha value is -1.17. The van der Waals surface area contributed by atoms with Gasteiger partial charge in [-0.05, 0) is 26.0 Å². The van der Waals surface area contributed by atoms with Crippen molar-refractivity contribution in [3.8, 4) is 0 Å². The highest BCUT2D eigenvalue weighted by Crippen LogP contribution is 2.20. The van der Waals surface area contributed by atoms with Gasteiger partial charge in [-0.3, -0.25) is 4.98 Å². The Bertz CT molecular complexity index is 330. The summed E-state index contributed by atoms with van der Waals surface area (Å²) in [6.45, 7) is 2.11. The van der Waals surface area contributed by atoms with Crippen molar-refractivity contribution in [2.45, 2.75) is 25.6 Å². The number of pyridine rings is 1. The highest BCUT2D eigenvalue weighted by Gasteiger charge is 2.18. The number of anilines is 1. The van der Waals surface area contributed by atoms with Gasteiger partial charge in [-0.2, -0.15) is 0 Å². The van der Waals surface area contributed by atoms with E-state index in [1.54, 1.807) is 13.0 Å². The highest BCUT2D eigenvalue weighted by atomic mass is 16.3. The number of hydrogen-bond acceptors (Lipinski definition) is 5. The van der Waals surface area contributed by atoms with E-state index < -0.39 is 12.2 Å². The summed E-state index contributed by atoms with van der Waals surface area (Å²) in [5.74, 6) is 0. The highest BCUT2D eigenvalue weighted by molar-refractivity contribution is 5.44. The average Bonchev–Trinajstić information content (AvgIpc) is 2.21. The Morgan fingerprint density at radius 3 is 2.67 bits per heavy atom. The maximum atomic E-state index is 9.73. The lowest BCUT2D eigenvalue weighted by Gasteiger charge is -2.17. The van der Waals surface area contributed by atoms with Crippen LogP contribution in [0.4, 0.5) is 5.69 Å². The molecule has 0 fully saturated rings. The molecule has 0 bridgehead atoms. The number of aliphatic hydroxyl groups excluding tert-OH is 2. The van der Waals surface area contributed by atoms with E-state index in [4.69, 9.17) is 11.5 Å². The summed E-state index contributed by atoms with van der Waals surface area (Å²) in [6, 6.07) is 1.62. The monoisotopic (exact) mass is 211 g/mol. The molecule has 1 aromatic heterocycles. The second-order valence-corrected chi connectivity index (χ2v) is 3.53. The van der Waals surface area contributed by atoms with Crippen LogP contribution in [0.2, 0.25) is 0 Å². The molecule has 0 aliphatic carbocycles. The summed E-state index contributed by atoms with van der Waals surface area (Å²) in [4.78, 5) is 4.01. The Kier molecular flexibility index (Phi) is 4.02. The van der Waals surface area contributed by atoms with Crippen molar-refractivity contribution in [3.05, 3.63) is 23.5 Å². The van der Waals surface area contributed by atoms with E-state index in [2.05, 4.69) is 4.98 Å². The minimum atomic E-state index is -0.982. The van der Waals surface area contributed by atoms with Crippen LogP contribution in [-0.4, -0.2) is 27.8 Å². The lowest BCUT2D eigenvalue weighted by molar-refractivity contribution is 0.0148. The third kappa shape index (κ3) is 2.89. The van der Waals surface area contributed by atoms with Crippen LogP contribution in [0.15, 0.2) is 12.3 Å². The van der Waals surface area contributed by atoms with Gasteiger partial charge < -0.3 is 21.7 Å². The van der Waals surface area contributed by atoms with Gasteiger partial charge in [-0.15, -0.1) is 0 Å². The van der Waals surface area contributed by atoms with Crippen LogP contribution in [-0.2, 0) is 0 Å². The average molecular weight is 211 g/mol. The summed E-state index contributed by atoms with van der Waals surface area (Å²) < 4.78 is 0. The lowest BCUT2D eigenvalue weighted by Crippen LogP contribution is -2.22. The quantitative estimate of drug-likeness (QED) is 0.548. The van der Waals surface area contributed by atoms with Crippen LogP contribution in [0.25, 0.3) is 0 Å². The van der Waals surface area contributed by atoms with Gasteiger partial charge in [0.25, 0.3) is 0 Å². The van der Waals surface area contributed by atoms with Gasteiger partial charge in [-0.25, -0.2) is 0 Å². The van der Waals surface area contributed by atoms with Gasteiger partial charge in [0, 0.05) is 11.8 Å². The molecule has 0 saturated heterocycles. The fourth-order valence-corrected chi connectivity index (χ4v) is 1.28. The van der Waals surface area contributed by atoms with E-state index in [-0.39, 0.29) is 0 Å². The lowest BCUT2D eigenvalue weighted by atomic mass is 10.0. The first-order valence-corrected chi connectivity index (χ1v) is 4.84. The van der Waals surface area contributed by atoms with E-state index in [0.29, 0.717) is 29.9 Å². The van der Waals surface area contributed by atoms with Crippen molar-refractivity contribution in [1.29, 1.82) is 0 Å². The number of nitrogens with zero attached hydrogens (tertiary/aromatic N) is 1. The molecule has 84 valence electrons. The zero-order valence-electron chi connectivity index (χ0n) is 8.72. The van der Waals surface area contributed by atoms with E-state index in [9.17, 15) is 10.2 Å². The number of hydrogen-bond donors (Lipinski definition) is 4. The van der Waals surface area contributed by atoms with Crippen molar-refractivity contribution in [1.82, 2.24) is 4.98 Å². The van der Waals surface area contributed by atoms with E-state index >= 15 is 0 Å². The molecule has 1 aromatic rings. The summed E-state index contributed by atoms with van der Waals surface area (Å²) in [7, 11) is 0. The summed E-state index contributed by atoms with van der Waals surface area (Å²) >= 11 is 0. The third-order valence-electron chi connectivity index (χ3n) is 2.32. The summed E-state index contributed by atoms with van der Waals surface area (Å²) in [6.07, 6.45) is -0.00624. The minimum absolute atomic E-state index is 0.326. The molecule has 15 heavy (non-hydrogen) atoms. The number of aryl methyl sites for hydroxylation is 1. The maximum Gasteiger partial charge on any atom is 0.106 e. The molecular weight excluding hydrogens is 194 g/mol.